The Morgan fingerprint density at radius 2 is 1.88 bits per heavy atom. The first-order chi connectivity index (χ1) is 16.4. The summed E-state index contributed by atoms with van der Waals surface area (Å²) in [4.78, 5) is 14.4. The average molecular weight is 479 g/mol. The van der Waals surface area contributed by atoms with Gasteiger partial charge in [0.05, 0.1) is 5.69 Å². The highest BCUT2D eigenvalue weighted by Gasteiger charge is 2.14. The SMILES string of the molecule is Cc1cccc(-c2n[nH]c(=S)n2CCC(=O)N(C)CCCc2cc(-c3cccc(F)c3)n[nH]2)c1. The van der Waals surface area contributed by atoms with Gasteiger partial charge in [-0.3, -0.25) is 19.6 Å². The van der Waals surface area contributed by atoms with E-state index in [9.17, 15) is 9.18 Å². The van der Waals surface area contributed by atoms with E-state index in [1.807, 2.05) is 54.9 Å². The Balaban J connectivity index is 1.29. The van der Waals surface area contributed by atoms with Crippen molar-refractivity contribution in [3.05, 3.63) is 76.4 Å². The Bertz CT molecular complexity index is 1340. The summed E-state index contributed by atoms with van der Waals surface area (Å²) >= 11 is 5.38. The van der Waals surface area contributed by atoms with Gasteiger partial charge in [-0.25, -0.2) is 4.39 Å². The topological polar surface area (TPSA) is 82.6 Å². The molecule has 2 heterocycles. The molecule has 2 aromatic carbocycles. The van der Waals surface area contributed by atoms with Crippen molar-refractivity contribution in [1.82, 2.24) is 29.9 Å². The molecule has 0 spiro atoms. The molecule has 0 bridgehead atoms. The number of H-pyrrole nitrogens is 2. The summed E-state index contributed by atoms with van der Waals surface area (Å²) in [6, 6.07) is 16.3. The molecule has 176 valence electrons. The Kier molecular flexibility index (Phi) is 7.32. The van der Waals surface area contributed by atoms with E-state index in [2.05, 4.69) is 20.4 Å². The van der Waals surface area contributed by atoms with Gasteiger partial charge in [0.15, 0.2) is 10.6 Å². The van der Waals surface area contributed by atoms with Crippen LogP contribution in [0.15, 0.2) is 54.6 Å². The number of amides is 1. The van der Waals surface area contributed by atoms with Gasteiger partial charge < -0.3 is 4.90 Å². The predicted molar refractivity (Wildman–Crippen MR) is 132 cm³/mol. The summed E-state index contributed by atoms with van der Waals surface area (Å²) < 4.78 is 15.8. The van der Waals surface area contributed by atoms with Gasteiger partial charge in [-0.05, 0) is 56.2 Å². The van der Waals surface area contributed by atoms with E-state index >= 15 is 0 Å². The predicted octanol–water partition coefficient (Wildman–Crippen LogP) is 4.93. The molecular weight excluding hydrogens is 451 g/mol. The van der Waals surface area contributed by atoms with Crippen LogP contribution in [0, 0.1) is 17.5 Å². The second-order valence-electron chi connectivity index (χ2n) is 8.33. The first-order valence-corrected chi connectivity index (χ1v) is 11.6. The molecule has 1 amide bonds. The number of halogens is 1. The molecule has 7 nitrogen and oxygen atoms in total. The number of nitrogens with zero attached hydrogens (tertiary/aromatic N) is 4. The number of aromatic nitrogens is 5. The van der Waals surface area contributed by atoms with Gasteiger partial charge >= 0.3 is 0 Å². The van der Waals surface area contributed by atoms with Crippen LogP contribution in [0.4, 0.5) is 4.39 Å². The van der Waals surface area contributed by atoms with Crippen LogP contribution in [0.5, 0.6) is 0 Å². The van der Waals surface area contributed by atoms with Crippen LogP contribution >= 0.6 is 12.2 Å². The quantitative estimate of drug-likeness (QED) is 0.334. The Morgan fingerprint density at radius 1 is 1.09 bits per heavy atom. The number of aromatic amines is 2. The fourth-order valence-electron chi connectivity index (χ4n) is 3.84. The highest BCUT2D eigenvalue weighted by Crippen LogP contribution is 2.20. The zero-order valence-electron chi connectivity index (χ0n) is 19.2. The van der Waals surface area contributed by atoms with E-state index in [-0.39, 0.29) is 11.7 Å². The smallest absolute Gasteiger partial charge is 0.224 e. The lowest BCUT2D eigenvalue weighted by molar-refractivity contribution is -0.130. The zero-order valence-corrected chi connectivity index (χ0v) is 20.0. The molecule has 4 aromatic rings. The van der Waals surface area contributed by atoms with Gasteiger partial charge in [-0.2, -0.15) is 10.2 Å². The first-order valence-electron chi connectivity index (χ1n) is 11.2. The second-order valence-corrected chi connectivity index (χ2v) is 8.72. The molecule has 0 aliphatic carbocycles. The number of carbonyl (C=O) groups excluding carboxylic acids is 1. The van der Waals surface area contributed by atoms with Crippen molar-refractivity contribution in [2.75, 3.05) is 13.6 Å². The fourth-order valence-corrected chi connectivity index (χ4v) is 4.07. The van der Waals surface area contributed by atoms with Crippen LogP contribution in [0.3, 0.4) is 0 Å². The molecule has 0 aliphatic rings. The number of hydrogen-bond donors (Lipinski definition) is 2. The van der Waals surface area contributed by atoms with E-state index in [1.54, 1.807) is 11.0 Å². The molecule has 2 aromatic heterocycles. The second kappa shape index (κ2) is 10.6. The minimum Gasteiger partial charge on any atom is -0.346 e. The Hall–Kier alpha value is -3.59. The molecule has 0 radical (unpaired) electrons. The summed E-state index contributed by atoms with van der Waals surface area (Å²) in [6.07, 6.45) is 1.86. The minimum atomic E-state index is -0.287. The monoisotopic (exact) mass is 478 g/mol. The van der Waals surface area contributed by atoms with Gasteiger partial charge in [0.25, 0.3) is 0 Å². The van der Waals surface area contributed by atoms with Crippen LogP contribution in [0.25, 0.3) is 22.6 Å². The highest BCUT2D eigenvalue weighted by molar-refractivity contribution is 7.71. The zero-order chi connectivity index (χ0) is 24.1. The van der Waals surface area contributed by atoms with E-state index in [0.717, 1.165) is 41.1 Å². The van der Waals surface area contributed by atoms with Crippen LogP contribution in [-0.2, 0) is 17.8 Å². The Morgan fingerprint density at radius 3 is 2.68 bits per heavy atom. The summed E-state index contributed by atoms with van der Waals surface area (Å²) in [5, 5.41) is 14.5. The third-order valence-corrected chi connectivity index (χ3v) is 6.01. The number of benzene rings is 2. The highest BCUT2D eigenvalue weighted by atomic mass is 32.1. The van der Waals surface area contributed by atoms with E-state index < -0.39 is 0 Å². The maximum absolute atomic E-state index is 13.4. The third kappa shape index (κ3) is 5.66. The average Bonchev–Trinajstić information content (AvgIpc) is 3.44. The van der Waals surface area contributed by atoms with Crippen molar-refractivity contribution in [1.29, 1.82) is 0 Å². The van der Waals surface area contributed by atoms with Crippen molar-refractivity contribution < 1.29 is 9.18 Å². The number of aryl methyl sites for hydroxylation is 2. The van der Waals surface area contributed by atoms with E-state index in [0.29, 0.717) is 30.0 Å². The van der Waals surface area contributed by atoms with Gasteiger partial charge in [0.2, 0.25) is 5.91 Å². The lowest BCUT2D eigenvalue weighted by atomic mass is 10.1. The van der Waals surface area contributed by atoms with Crippen LogP contribution in [-0.4, -0.2) is 49.4 Å². The normalized spacial score (nSPS) is 11.0. The molecule has 34 heavy (non-hydrogen) atoms. The number of hydrogen-bond acceptors (Lipinski definition) is 4. The van der Waals surface area contributed by atoms with Gasteiger partial charge in [0, 0.05) is 43.4 Å². The maximum atomic E-state index is 13.4. The number of rotatable bonds is 9. The molecule has 0 saturated heterocycles. The largest absolute Gasteiger partial charge is 0.346 e. The fraction of sp³-hybridized carbons (Fsp3) is 0.280. The molecule has 2 N–H and O–H groups in total. The van der Waals surface area contributed by atoms with Gasteiger partial charge in [0.1, 0.15) is 5.82 Å². The van der Waals surface area contributed by atoms with Crippen molar-refractivity contribution in [3.8, 4) is 22.6 Å². The minimum absolute atomic E-state index is 0.0448. The molecule has 0 saturated carbocycles. The van der Waals surface area contributed by atoms with Crippen molar-refractivity contribution >= 4 is 18.1 Å². The van der Waals surface area contributed by atoms with Crippen LogP contribution in [0.1, 0.15) is 24.1 Å². The molecule has 0 aliphatic heterocycles. The summed E-state index contributed by atoms with van der Waals surface area (Å²) in [5.74, 6) is 0.491. The van der Waals surface area contributed by atoms with Crippen molar-refractivity contribution in [2.45, 2.75) is 32.7 Å². The lowest BCUT2D eigenvalue weighted by Crippen LogP contribution is -2.28. The number of carbonyl (C=O) groups is 1. The maximum Gasteiger partial charge on any atom is 0.224 e. The molecule has 0 unspecified atom stereocenters. The standard InChI is InChI=1S/C25H27FN6OS/c1-17-6-3-8-19(14-17)24-29-30-25(34)32(24)13-11-23(33)31(2)12-5-10-21-16-22(28-27-21)18-7-4-9-20(26)15-18/h3-4,6-9,14-16H,5,10-13H2,1-2H3,(H,27,28)(H,30,34). The summed E-state index contributed by atoms with van der Waals surface area (Å²) in [7, 11) is 1.81. The summed E-state index contributed by atoms with van der Waals surface area (Å²) in [6.45, 7) is 3.10. The molecule has 4 rings (SSSR count). The summed E-state index contributed by atoms with van der Waals surface area (Å²) in [5.41, 5.74) is 4.49. The number of nitrogens with one attached hydrogen (secondary N) is 2. The molecule has 0 fully saturated rings. The lowest BCUT2D eigenvalue weighted by Gasteiger charge is -2.17. The van der Waals surface area contributed by atoms with Gasteiger partial charge in [-0.1, -0.05) is 35.9 Å². The van der Waals surface area contributed by atoms with Crippen molar-refractivity contribution in [3.63, 3.8) is 0 Å². The Labute approximate surface area is 202 Å². The molecule has 9 heteroatoms. The molecule has 0 atom stereocenters. The van der Waals surface area contributed by atoms with E-state index in [4.69, 9.17) is 12.2 Å². The molecular formula is C25H27FN6OS. The van der Waals surface area contributed by atoms with E-state index in [1.165, 1.54) is 12.1 Å². The third-order valence-electron chi connectivity index (χ3n) is 5.70. The van der Waals surface area contributed by atoms with Crippen LogP contribution < -0.4 is 0 Å². The van der Waals surface area contributed by atoms with Gasteiger partial charge in [-0.15, -0.1) is 0 Å². The first kappa shape index (κ1) is 23.6. The van der Waals surface area contributed by atoms with Crippen LogP contribution in [0.2, 0.25) is 0 Å². The van der Waals surface area contributed by atoms with Crippen molar-refractivity contribution in [2.24, 2.45) is 0 Å².